The molecule has 1 aromatic carbocycles. The molecule has 0 saturated carbocycles. The van der Waals surface area contributed by atoms with Crippen molar-refractivity contribution in [2.45, 2.75) is 26.7 Å². The van der Waals surface area contributed by atoms with Crippen LogP contribution in [-0.2, 0) is 0 Å². The van der Waals surface area contributed by atoms with E-state index in [0.717, 1.165) is 12.8 Å². The first-order chi connectivity index (χ1) is 8.47. The zero-order chi connectivity index (χ0) is 13.7. The molecule has 5 nitrogen and oxygen atoms in total. The molecule has 98 valence electrons. The third kappa shape index (κ3) is 3.74. The minimum Gasteiger partial charge on any atom is -0.494 e. The highest BCUT2D eigenvalue weighted by molar-refractivity contribution is 6.64. The standard InChI is InChI=1S/C11H18B2O5/c1-3-4-5-18-11-9(12(14)15)6-8(2)7-10(11)13(16)17/h6-7,14-17H,3-5H2,1-2H3. The summed E-state index contributed by atoms with van der Waals surface area (Å²) in [7, 11) is -3.42. The smallest absolute Gasteiger partial charge is 0.492 e. The van der Waals surface area contributed by atoms with Gasteiger partial charge in [-0.1, -0.05) is 31.0 Å². The Labute approximate surface area is 107 Å². The molecule has 0 radical (unpaired) electrons. The highest BCUT2D eigenvalue weighted by Crippen LogP contribution is 2.09. The maximum atomic E-state index is 9.30. The first-order valence-corrected chi connectivity index (χ1v) is 5.96. The molecule has 0 aliphatic rings. The van der Waals surface area contributed by atoms with Crippen LogP contribution in [0.3, 0.4) is 0 Å². The summed E-state index contributed by atoms with van der Waals surface area (Å²) in [6.45, 7) is 4.12. The molecule has 0 saturated heterocycles. The van der Waals surface area contributed by atoms with Crippen molar-refractivity contribution < 1.29 is 24.8 Å². The molecule has 0 aromatic heterocycles. The summed E-state index contributed by atoms with van der Waals surface area (Å²) in [5, 5.41) is 37.2. The lowest BCUT2D eigenvalue weighted by molar-refractivity contribution is 0.310. The number of rotatable bonds is 6. The van der Waals surface area contributed by atoms with Crippen molar-refractivity contribution in [3.05, 3.63) is 17.7 Å². The van der Waals surface area contributed by atoms with Gasteiger partial charge in [0.15, 0.2) is 0 Å². The summed E-state index contributed by atoms with van der Waals surface area (Å²) in [4.78, 5) is 0. The van der Waals surface area contributed by atoms with E-state index in [1.54, 1.807) is 19.1 Å². The molecular formula is C11H18B2O5. The van der Waals surface area contributed by atoms with Gasteiger partial charge in [0.25, 0.3) is 0 Å². The molecule has 1 aromatic rings. The van der Waals surface area contributed by atoms with Crippen molar-refractivity contribution in [3.63, 3.8) is 0 Å². The van der Waals surface area contributed by atoms with Gasteiger partial charge in [0, 0.05) is 10.9 Å². The second-order valence-corrected chi connectivity index (χ2v) is 4.22. The van der Waals surface area contributed by atoms with Crippen LogP contribution in [0, 0.1) is 6.92 Å². The van der Waals surface area contributed by atoms with E-state index in [9.17, 15) is 20.1 Å². The van der Waals surface area contributed by atoms with Gasteiger partial charge in [-0.05, 0) is 13.3 Å². The Morgan fingerprint density at radius 2 is 1.56 bits per heavy atom. The van der Waals surface area contributed by atoms with E-state index in [4.69, 9.17) is 4.74 Å². The second kappa shape index (κ2) is 6.80. The topological polar surface area (TPSA) is 90.2 Å². The normalized spacial score (nSPS) is 10.3. The fourth-order valence-corrected chi connectivity index (χ4v) is 1.70. The number of unbranched alkanes of at least 4 members (excludes halogenated alkanes) is 1. The molecule has 0 bridgehead atoms. The van der Waals surface area contributed by atoms with E-state index >= 15 is 0 Å². The van der Waals surface area contributed by atoms with Crippen LogP contribution in [-0.4, -0.2) is 40.9 Å². The monoisotopic (exact) mass is 252 g/mol. The molecular weight excluding hydrogens is 234 g/mol. The van der Waals surface area contributed by atoms with Gasteiger partial charge in [-0.25, -0.2) is 0 Å². The average molecular weight is 252 g/mol. The van der Waals surface area contributed by atoms with Crippen LogP contribution in [0.25, 0.3) is 0 Å². The summed E-state index contributed by atoms with van der Waals surface area (Å²) in [6.07, 6.45) is 1.73. The van der Waals surface area contributed by atoms with Crippen LogP contribution in [0.2, 0.25) is 0 Å². The third-order valence-electron chi connectivity index (χ3n) is 2.59. The summed E-state index contributed by atoms with van der Waals surface area (Å²) >= 11 is 0. The number of hydrogen-bond donors (Lipinski definition) is 4. The van der Waals surface area contributed by atoms with Crippen LogP contribution in [0.15, 0.2) is 12.1 Å². The lowest BCUT2D eigenvalue weighted by atomic mass is 9.70. The maximum absolute atomic E-state index is 9.30. The largest absolute Gasteiger partial charge is 0.494 e. The third-order valence-corrected chi connectivity index (χ3v) is 2.59. The molecule has 7 heteroatoms. The Bertz CT molecular complexity index is 366. The first-order valence-electron chi connectivity index (χ1n) is 5.96. The molecule has 0 amide bonds. The highest BCUT2D eigenvalue weighted by Gasteiger charge is 2.26. The van der Waals surface area contributed by atoms with E-state index in [1.165, 1.54) is 0 Å². The fraction of sp³-hybridized carbons (Fsp3) is 0.455. The molecule has 0 aliphatic heterocycles. The predicted molar refractivity (Wildman–Crippen MR) is 71.2 cm³/mol. The SMILES string of the molecule is CCCCOc1c(B(O)O)cc(C)cc1B(O)O. The molecule has 0 aliphatic carbocycles. The van der Waals surface area contributed by atoms with E-state index in [0.29, 0.717) is 12.2 Å². The lowest BCUT2D eigenvalue weighted by Crippen LogP contribution is -2.41. The fourth-order valence-electron chi connectivity index (χ4n) is 1.70. The first kappa shape index (κ1) is 15.0. The van der Waals surface area contributed by atoms with Crippen LogP contribution in [0.4, 0.5) is 0 Å². The van der Waals surface area contributed by atoms with Crippen LogP contribution in [0.5, 0.6) is 5.75 Å². The van der Waals surface area contributed by atoms with Crippen molar-refractivity contribution >= 4 is 25.2 Å². The summed E-state index contributed by atoms with van der Waals surface area (Å²) in [5.74, 6) is 0.138. The van der Waals surface area contributed by atoms with Gasteiger partial charge >= 0.3 is 14.2 Å². The summed E-state index contributed by atoms with van der Waals surface area (Å²) < 4.78 is 5.45. The highest BCUT2D eigenvalue weighted by atomic mass is 16.5. The molecule has 1 rings (SSSR count). The molecule has 4 N–H and O–H groups in total. The lowest BCUT2D eigenvalue weighted by Gasteiger charge is -2.16. The van der Waals surface area contributed by atoms with Crippen molar-refractivity contribution in [2.24, 2.45) is 0 Å². The van der Waals surface area contributed by atoms with Crippen molar-refractivity contribution in [1.29, 1.82) is 0 Å². The Balaban J connectivity index is 3.14. The van der Waals surface area contributed by atoms with Crippen LogP contribution in [0.1, 0.15) is 25.3 Å². The van der Waals surface area contributed by atoms with E-state index in [1.807, 2.05) is 6.92 Å². The van der Waals surface area contributed by atoms with E-state index in [2.05, 4.69) is 0 Å². The summed E-state index contributed by atoms with van der Waals surface area (Å²) in [5.41, 5.74) is 0.993. The molecule has 0 fully saturated rings. The second-order valence-electron chi connectivity index (χ2n) is 4.22. The van der Waals surface area contributed by atoms with Crippen molar-refractivity contribution in [2.75, 3.05) is 6.61 Å². The van der Waals surface area contributed by atoms with Gasteiger partial charge in [-0.2, -0.15) is 0 Å². The Kier molecular flexibility index (Phi) is 5.68. The van der Waals surface area contributed by atoms with Gasteiger partial charge in [0.1, 0.15) is 5.75 Å². The maximum Gasteiger partial charge on any atom is 0.492 e. The summed E-state index contributed by atoms with van der Waals surface area (Å²) in [6, 6.07) is 3.11. The number of ether oxygens (including phenoxy) is 1. The predicted octanol–water partition coefficient (Wildman–Crippen LogP) is -1.47. The zero-order valence-corrected chi connectivity index (χ0v) is 10.6. The molecule has 0 unspecified atom stereocenters. The zero-order valence-electron chi connectivity index (χ0n) is 10.6. The minimum atomic E-state index is -1.71. The van der Waals surface area contributed by atoms with Gasteiger partial charge in [0.05, 0.1) is 6.61 Å². The number of benzene rings is 1. The van der Waals surface area contributed by atoms with Gasteiger partial charge in [-0.3, -0.25) is 0 Å². The average Bonchev–Trinajstić information content (AvgIpc) is 2.30. The quantitative estimate of drug-likeness (QED) is 0.366. The Morgan fingerprint density at radius 3 is 1.94 bits per heavy atom. The van der Waals surface area contributed by atoms with E-state index in [-0.39, 0.29) is 16.7 Å². The Hall–Kier alpha value is -1.01. The van der Waals surface area contributed by atoms with E-state index < -0.39 is 14.2 Å². The van der Waals surface area contributed by atoms with Crippen LogP contribution < -0.4 is 15.7 Å². The molecule has 0 heterocycles. The van der Waals surface area contributed by atoms with Crippen molar-refractivity contribution in [3.8, 4) is 5.75 Å². The number of aryl methyl sites for hydroxylation is 1. The Morgan fingerprint density at radius 1 is 1.06 bits per heavy atom. The van der Waals surface area contributed by atoms with Gasteiger partial charge in [-0.15, -0.1) is 0 Å². The molecule has 0 atom stereocenters. The van der Waals surface area contributed by atoms with Gasteiger partial charge in [0.2, 0.25) is 0 Å². The van der Waals surface area contributed by atoms with Crippen LogP contribution >= 0.6 is 0 Å². The molecule has 18 heavy (non-hydrogen) atoms. The minimum absolute atomic E-state index is 0.138. The van der Waals surface area contributed by atoms with Crippen molar-refractivity contribution in [1.82, 2.24) is 0 Å². The number of hydrogen-bond acceptors (Lipinski definition) is 5. The molecule has 0 spiro atoms. The van der Waals surface area contributed by atoms with Gasteiger partial charge < -0.3 is 24.8 Å².